The van der Waals surface area contributed by atoms with Gasteiger partial charge in [-0.1, -0.05) is 0 Å². The maximum atomic E-state index is 5.28. The summed E-state index contributed by atoms with van der Waals surface area (Å²) in [4.78, 5) is 14.2. The van der Waals surface area contributed by atoms with E-state index in [9.17, 15) is 0 Å². The van der Waals surface area contributed by atoms with E-state index in [1.54, 1.807) is 24.6 Å². The van der Waals surface area contributed by atoms with Gasteiger partial charge in [0.2, 0.25) is 5.82 Å². The van der Waals surface area contributed by atoms with Gasteiger partial charge in [0.15, 0.2) is 11.7 Å². The van der Waals surface area contributed by atoms with E-state index in [0.717, 1.165) is 29.8 Å². The zero-order chi connectivity index (χ0) is 17.5. The van der Waals surface area contributed by atoms with Gasteiger partial charge in [-0.25, -0.2) is 9.97 Å². The lowest BCUT2D eigenvalue weighted by Crippen LogP contribution is -2.39. The summed E-state index contributed by atoms with van der Waals surface area (Å²) >= 11 is 1.72. The minimum Gasteiger partial charge on any atom is -0.461 e. The predicted octanol–water partition coefficient (Wildman–Crippen LogP) is 2.40. The molecular formula is C16H22IN7OS. The topological polar surface area (TPSA) is 104 Å². The molecule has 0 radical (unpaired) electrons. The molecule has 0 amide bonds. The van der Waals surface area contributed by atoms with Crippen molar-refractivity contribution in [1.82, 2.24) is 30.8 Å². The number of H-pyrrole nitrogens is 1. The highest BCUT2D eigenvalue weighted by Gasteiger charge is 2.08. The van der Waals surface area contributed by atoms with Gasteiger partial charge in [0.25, 0.3) is 0 Å². The number of halogens is 1. The Labute approximate surface area is 173 Å². The molecule has 0 aliphatic carbocycles. The Kier molecular flexibility index (Phi) is 8.04. The number of hydrogen-bond donors (Lipinski definition) is 3. The van der Waals surface area contributed by atoms with Crippen molar-refractivity contribution in [3.8, 4) is 11.6 Å². The Hall–Kier alpha value is -1.95. The molecule has 0 spiro atoms. The number of aromatic amines is 1. The van der Waals surface area contributed by atoms with Crippen molar-refractivity contribution in [3.05, 3.63) is 40.3 Å². The van der Waals surface area contributed by atoms with Gasteiger partial charge in [-0.3, -0.25) is 10.1 Å². The number of nitrogens with zero attached hydrogens (tertiary/aromatic N) is 4. The second kappa shape index (κ2) is 10.3. The maximum absolute atomic E-state index is 5.28. The number of furan rings is 1. The zero-order valence-electron chi connectivity index (χ0n) is 14.7. The summed E-state index contributed by atoms with van der Waals surface area (Å²) in [6.45, 7) is 3.55. The number of aromatic nitrogens is 4. The lowest BCUT2D eigenvalue weighted by atomic mass is 10.4. The monoisotopic (exact) mass is 487 g/mol. The van der Waals surface area contributed by atoms with Crippen LogP contribution in [0.1, 0.15) is 15.7 Å². The lowest BCUT2D eigenvalue weighted by molar-refractivity contribution is 0.577. The van der Waals surface area contributed by atoms with E-state index < -0.39 is 0 Å². The second-order valence-electron chi connectivity index (χ2n) is 5.37. The molecule has 0 atom stereocenters. The Morgan fingerprint density at radius 3 is 2.77 bits per heavy atom. The number of guanidine groups is 1. The van der Waals surface area contributed by atoms with Crippen LogP contribution in [0.5, 0.6) is 0 Å². The van der Waals surface area contributed by atoms with Crippen LogP contribution in [-0.2, 0) is 12.8 Å². The SMILES string of the molecule is CN=C(NCCc1nc(-c2ccco2)n[nH]1)NCCc1ncc(C)s1.I. The van der Waals surface area contributed by atoms with Crippen LogP contribution in [0.15, 0.2) is 34.0 Å². The smallest absolute Gasteiger partial charge is 0.216 e. The third kappa shape index (κ3) is 5.80. The van der Waals surface area contributed by atoms with Crippen LogP contribution in [-0.4, -0.2) is 46.3 Å². The Bertz CT molecular complexity index is 812. The van der Waals surface area contributed by atoms with Crippen molar-refractivity contribution in [2.24, 2.45) is 4.99 Å². The minimum absolute atomic E-state index is 0. The summed E-state index contributed by atoms with van der Waals surface area (Å²) < 4.78 is 5.28. The van der Waals surface area contributed by atoms with E-state index in [1.807, 2.05) is 18.3 Å². The second-order valence-corrected chi connectivity index (χ2v) is 6.69. The van der Waals surface area contributed by atoms with E-state index >= 15 is 0 Å². The van der Waals surface area contributed by atoms with Crippen molar-refractivity contribution in [1.29, 1.82) is 0 Å². The molecule has 0 unspecified atom stereocenters. The third-order valence-corrected chi connectivity index (χ3v) is 4.42. The molecule has 3 rings (SSSR count). The van der Waals surface area contributed by atoms with Gasteiger partial charge in [-0.2, -0.15) is 5.10 Å². The molecule has 3 aromatic heterocycles. The third-order valence-electron chi connectivity index (χ3n) is 3.45. The highest BCUT2D eigenvalue weighted by atomic mass is 127. The average molecular weight is 487 g/mol. The molecule has 0 saturated heterocycles. The maximum Gasteiger partial charge on any atom is 0.216 e. The van der Waals surface area contributed by atoms with E-state index in [2.05, 4.69) is 42.7 Å². The molecule has 0 fully saturated rings. The largest absolute Gasteiger partial charge is 0.461 e. The molecule has 8 nitrogen and oxygen atoms in total. The van der Waals surface area contributed by atoms with Crippen LogP contribution < -0.4 is 10.6 Å². The molecule has 3 N–H and O–H groups in total. The number of nitrogens with one attached hydrogen (secondary N) is 3. The predicted molar refractivity (Wildman–Crippen MR) is 113 cm³/mol. The summed E-state index contributed by atoms with van der Waals surface area (Å²) in [5, 5.41) is 14.8. The lowest BCUT2D eigenvalue weighted by Gasteiger charge is -2.10. The van der Waals surface area contributed by atoms with Crippen molar-refractivity contribution < 1.29 is 4.42 Å². The molecule has 3 aromatic rings. The molecule has 0 aromatic carbocycles. The Morgan fingerprint density at radius 1 is 1.31 bits per heavy atom. The molecule has 0 saturated carbocycles. The van der Waals surface area contributed by atoms with Crippen LogP contribution in [0.4, 0.5) is 0 Å². The molecule has 3 heterocycles. The average Bonchev–Trinajstić information content (AvgIpc) is 3.35. The fraction of sp³-hybridized carbons (Fsp3) is 0.375. The molecule has 0 aliphatic rings. The summed E-state index contributed by atoms with van der Waals surface area (Å²) in [7, 11) is 1.76. The Morgan fingerprint density at radius 2 is 2.12 bits per heavy atom. The van der Waals surface area contributed by atoms with E-state index in [-0.39, 0.29) is 24.0 Å². The molecule has 26 heavy (non-hydrogen) atoms. The van der Waals surface area contributed by atoms with Crippen LogP contribution >= 0.6 is 35.3 Å². The van der Waals surface area contributed by atoms with Gasteiger partial charge in [-0.05, 0) is 19.1 Å². The molecule has 0 bridgehead atoms. The number of thiazole rings is 1. The highest BCUT2D eigenvalue weighted by Crippen LogP contribution is 2.14. The van der Waals surface area contributed by atoms with Gasteiger partial charge < -0.3 is 15.1 Å². The number of hydrogen-bond acceptors (Lipinski definition) is 6. The van der Waals surface area contributed by atoms with Crippen LogP contribution in [0.2, 0.25) is 0 Å². The highest BCUT2D eigenvalue weighted by molar-refractivity contribution is 14.0. The van der Waals surface area contributed by atoms with Crippen LogP contribution in [0.3, 0.4) is 0 Å². The van der Waals surface area contributed by atoms with Crippen molar-refractivity contribution in [2.75, 3.05) is 20.1 Å². The van der Waals surface area contributed by atoms with Gasteiger partial charge in [-0.15, -0.1) is 35.3 Å². The minimum atomic E-state index is 0. The standard InChI is InChI=1S/C16H21N7OS.HI/c1-11-10-20-14(25-11)6-8-19-16(17-2)18-7-5-13-21-15(23-22-13)12-4-3-9-24-12;/h3-4,9-10H,5-8H2,1-2H3,(H2,17,18,19)(H,21,22,23);1H. The fourth-order valence-electron chi connectivity index (χ4n) is 2.25. The van der Waals surface area contributed by atoms with Gasteiger partial charge in [0.05, 0.1) is 11.3 Å². The molecular weight excluding hydrogens is 465 g/mol. The first-order chi connectivity index (χ1) is 12.2. The first kappa shape index (κ1) is 20.4. The van der Waals surface area contributed by atoms with Crippen molar-refractivity contribution >= 4 is 41.3 Å². The number of aliphatic imine (C=N–C) groups is 1. The summed E-state index contributed by atoms with van der Waals surface area (Å²) in [6, 6.07) is 3.65. The molecule has 10 heteroatoms. The quantitative estimate of drug-likeness (QED) is 0.269. The first-order valence-electron chi connectivity index (χ1n) is 8.05. The molecule has 140 valence electrons. The fourth-order valence-corrected chi connectivity index (χ4v) is 3.03. The summed E-state index contributed by atoms with van der Waals surface area (Å²) in [5.74, 6) is 2.79. The normalized spacial score (nSPS) is 11.2. The molecule has 0 aliphatic heterocycles. The van der Waals surface area contributed by atoms with E-state index in [0.29, 0.717) is 24.6 Å². The first-order valence-corrected chi connectivity index (χ1v) is 8.87. The van der Waals surface area contributed by atoms with Gasteiger partial charge in [0, 0.05) is 44.1 Å². The Balaban J connectivity index is 0.00000243. The summed E-state index contributed by atoms with van der Waals surface area (Å²) in [5.41, 5.74) is 0. The number of rotatable bonds is 7. The van der Waals surface area contributed by atoms with E-state index in [4.69, 9.17) is 4.42 Å². The zero-order valence-corrected chi connectivity index (χ0v) is 17.8. The van der Waals surface area contributed by atoms with Gasteiger partial charge >= 0.3 is 0 Å². The van der Waals surface area contributed by atoms with E-state index in [1.165, 1.54) is 4.88 Å². The van der Waals surface area contributed by atoms with Gasteiger partial charge in [0.1, 0.15) is 5.82 Å². The van der Waals surface area contributed by atoms with Crippen molar-refractivity contribution in [3.63, 3.8) is 0 Å². The van der Waals surface area contributed by atoms with Crippen molar-refractivity contribution in [2.45, 2.75) is 19.8 Å². The van der Waals surface area contributed by atoms with Crippen LogP contribution in [0, 0.1) is 6.92 Å². The summed E-state index contributed by atoms with van der Waals surface area (Å²) in [6.07, 6.45) is 5.10. The van der Waals surface area contributed by atoms with Crippen LogP contribution in [0.25, 0.3) is 11.6 Å². The number of aryl methyl sites for hydroxylation is 1.